The van der Waals surface area contributed by atoms with Crippen molar-refractivity contribution in [3.05, 3.63) is 34.5 Å². The number of hydrogen-bond donors (Lipinski definition) is 1. The maximum Gasteiger partial charge on any atom is 0.266 e. The molecule has 0 radical (unpaired) electrons. The van der Waals surface area contributed by atoms with Crippen molar-refractivity contribution in [1.82, 2.24) is 9.97 Å². The Morgan fingerprint density at radius 3 is 3.00 bits per heavy atom. The Morgan fingerprint density at radius 1 is 1.50 bits per heavy atom. The van der Waals surface area contributed by atoms with Crippen LogP contribution in [0, 0.1) is 5.82 Å². The van der Waals surface area contributed by atoms with Crippen molar-refractivity contribution >= 4 is 11.0 Å². The van der Waals surface area contributed by atoms with Crippen LogP contribution in [0.2, 0.25) is 0 Å². The van der Waals surface area contributed by atoms with Crippen LogP contribution in [0.5, 0.6) is 5.75 Å². The summed E-state index contributed by atoms with van der Waals surface area (Å²) in [6.45, 7) is 0. The zero-order valence-corrected chi connectivity index (χ0v) is 7.37. The SMILES string of the molecule is COc1cc2ncc(=O)[nH]c2cc1F. The molecule has 2 aromatic rings. The summed E-state index contributed by atoms with van der Waals surface area (Å²) < 4.78 is 18.0. The van der Waals surface area contributed by atoms with Gasteiger partial charge in [-0.05, 0) is 0 Å². The fraction of sp³-hybridized carbons (Fsp3) is 0.111. The van der Waals surface area contributed by atoms with Gasteiger partial charge >= 0.3 is 0 Å². The molecule has 0 aliphatic carbocycles. The van der Waals surface area contributed by atoms with E-state index in [1.807, 2.05) is 0 Å². The van der Waals surface area contributed by atoms with E-state index in [9.17, 15) is 9.18 Å². The van der Waals surface area contributed by atoms with Gasteiger partial charge in [-0.3, -0.25) is 4.79 Å². The van der Waals surface area contributed by atoms with Crippen molar-refractivity contribution in [1.29, 1.82) is 0 Å². The molecule has 0 unspecified atom stereocenters. The minimum Gasteiger partial charge on any atom is -0.494 e. The summed E-state index contributed by atoms with van der Waals surface area (Å²) in [7, 11) is 1.37. The number of benzene rings is 1. The summed E-state index contributed by atoms with van der Waals surface area (Å²) in [6.07, 6.45) is 1.14. The lowest BCUT2D eigenvalue weighted by molar-refractivity contribution is 0.387. The van der Waals surface area contributed by atoms with Gasteiger partial charge in [0.15, 0.2) is 11.6 Å². The fourth-order valence-electron chi connectivity index (χ4n) is 1.20. The van der Waals surface area contributed by atoms with Gasteiger partial charge in [-0.15, -0.1) is 0 Å². The number of nitrogens with one attached hydrogen (secondary N) is 1. The zero-order valence-electron chi connectivity index (χ0n) is 7.37. The first kappa shape index (κ1) is 8.68. The van der Waals surface area contributed by atoms with Gasteiger partial charge < -0.3 is 9.72 Å². The molecule has 1 heterocycles. The molecule has 0 spiro atoms. The van der Waals surface area contributed by atoms with Crippen molar-refractivity contribution < 1.29 is 9.13 Å². The molecule has 0 saturated carbocycles. The molecule has 14 heavy (non-hydrogen) atoms. The third kappa shape index (κ3) is 1.32. The number of H-pyrrole nitrogens is 1. The monoisotopic (exact) mass is 194 g/mol. The van der Waals surface area contributed by atoms with Crippen LogP contribution >= 0.6 is 0 Å². The average Bonchev–Trinajstić information content (AvgIpc) is 2.16. The van der Waals surface area contributed by atoms with E-state index >= 15 is 0 Å². The number of fused-ring (bicyclic) bond motifs is 1. The highest BCUT2D eigenvalue weighted by Gasteiger charge is 2.05. The molecular formula is C9H7FN2O2. The lowest BCUT2D eigenvalue weighted by Crippen LogP contribution is -2.05. The number of aromatic amines is 1. The highest BCUT2D eigenvalue weighted by molar-refractivity contribution is 5.75. The second kappa shape index (κ2) is 3.10. The van der Waals surface area contributed by atoms with Gasteiger partial charge in [-0.25, -0.2) is 9.37 Å². The Bertz CT molecular complexity index is 536. The van der Waals surface area contributed by atoms with Crippen LogP contribution in [0.4, 0.5) is 4.39 Å². The van der Waals surface area contributed by atoms with E-state index in [1.165, 1.54) is 19.2 Å². The summed E-state index contributed by atoms with van der Waals surface area (Å²) in [4.78, 5) is 17.2. The summed E-state index contributed by atoms with van der Waals surface area (Å²) in [5.41, 5.74) is 0.487. The number of ether oxygens (including phenoxy) is 1. The lowest BCUT2D eigenvalue weighted by Gasteiger charge is -2.02. The van der Waals surface area contributed by atoms with Gasteiger partial charge in [0.05, 0.1) is 24.3 Å². The van der Waals surface area contributed by atoms with Crippen LogP contribution in [0.15, 0.2) is 23.1 Å². The van der Waals surface area contributed by atoms with E-state index in [0.29, 0.717) is 11.0 Å². The third-order valence-electron chi connectivity index (χ3n) is 1.85. The molecule has 0 saturated heterocycles. The highest BCUT2D eigenvalue weighted by Crippen LogP contribution is 2.20. The Kier molecular flexibility index (Phi) is 1.92. The maximum atomic E-state index is 13.2. The van der Waals surface area contributed by atoms with Gasteiger partial charge in [0.25, 0.3) is 5.56 Å². The van der Waals surface area contributed by atoms with Gasteiger partial charge in [-0.2, -0.15) is 0 Å². The standard InChI is InChI=1S/C9H7FN2O2/c1-14-8-3-6-7(2-5(8)10)12-9(13)4-11-6/h2-4H,1H3,(H,12,13). The van der Waals surface area contributed by atoms with E-state index in [4.69, 9.17) is 4.74 Å². The van der Waals surface area contributed by atoms with Gasteiger partial charge in [0, 0.05) is 12.1 Å². The molecule has 0 amide bonds. The predicted molar refractivity (Wildman–Crippen MR) is 48.9 cm³/mol. The number of aromatic nitrogens is 2. The van der Waals surface area contributed by atoms with E-state index < -0.39 is 5.82 Å². The van der Waals surface area contributed by atoms with E-state index in [0.717, 1.165) is 6.20 Å². The molecule has 0 aliphatic rings. The van der Waals surface area contributed by atoms with Crippen molar-refractivity contribution in [3.8, 4) is 5.75 Å². The fourth-order valence-corrected chi connectivity index (χ4v) is 1.20. The third-order valence-corrected chi connectivity index (χ3v) is 1.85. The number of rotatable bonds is 1. The molecule has 4 nitrogen and oxygen atoms in total. The summed E-state index contributed by atoms with van der Waals surface area (Å²) in [5.74, 6) is -0.416. The smallest absolute Gasteiger partial charge is 0.266 e. The van der Waals surface area contributed by atoms with E-state index in [1.54, 1.807) is 0 Å². The van der Waals surface area contributed by atoms with Crippen molar-refractivity contribution in [2.24, 2.45) is 0 Å². The van der Waals surface area contributed by atoms with E-state index in [2.05, 4.69) is 9.97 Å². The normalized spacial score (nSPS) is 10.4. The van der Waals surface area contributed by atoms with Crippen LogP contribution in [0.1, 0.15) is 0 Å². The Labute approximate surface area is 78.4 Å². The van der Waals surface area contributed by atoms with Crippen molar-refractivity contribution in [3.63, 3.8) is 0 Å². The topological polar surface area (TPSA) is 55.0 Å². The van der Waals surface area contributed by atoms with Crippen molar-refractivity contribution in [2.45, 2.75) is 0 Å². The number of methoxy groups -OCH3 is 1. The molecule has 5 heteroatoms. The van der Waals surface area contributed by atoms with Gasteiger partial charge in [0.1, 0.15) is 0 Å². The van der Waals surface area contributed by atoms with Crippen molar-refractivity contribution in [2.75, 3.05) is 7.11 Å². The Hall–Kier alpha value is -1.91. The quantitative estimate of drug-likeness (QED) is 0.738. The number of hydrogen-bond acceptors (Lipinski definition) is 3. The summed E-state index contributed by atoms with van der Waals surface area (Å²) >= 11 is 0. The molecule has 0 fully saturated rings. The molecule has 0 aliphatic heterocycles. The molecule has 1 aromatic carbocycles. The Morgan fingerprint density at radius 2 is 2.29 bits per heavy atom. The minimum atomic E-state index is -0.524. The molecule has 1 N–H and O–H groups in total. The second-order valence-corrected chi connectivity index (χ2v) is 2.75. The number of halogens is 1. The highest BCUT2D eigenvalue weighted by atomic mass is 19.1. The average molecular weight is 194 g/mol. The molecular weight excluding hydrogens is 187 g/mol. The predicted octanol–water partition coefficient (Wildman–Crippen LogP) is 1.07. The Balaban J connectivity index is 2.79. The van der Waals surface area contributed by atoms with Crippen LogP contribution in [0.3, 0.4) is 0 Å². The number of nitrogens with zero attached hydrogens (tertiary/aromatic N) is 1. The molecule has 0 bridgehead atoms. The van der Waals surface area contributed by atoms with Crippen LogP contribution in [-0.2, 0) is 0 Å². The summed E-state index contributed by atoms with van der Waals surface area (Å²) in [6, 6.07) is 2.61. The van der Waals surface area contributed by atoms with Crippen LogP contribution in [0.25, 0.3) is 11.0 Å². The largest absolute Gasteiger partial charge is 0.494 e. The second-order valence-electron chi connectivity index (χ2n) is 2.75. The van der Waals surface area contributed by atoms with Crippen LogP contribution < -0.4 is 10.3 Å². The zero-order chi connectivity index (χ0) is 10.1. The van der Waals surface area contributed by atoms with Gasteiger partial charge in [0.2, 0.25) is 0 Å². The molecule has 72 valence electrons. The molecule has 1 aromatic heterocycles. The van der Waals surface area contributed by atoms with Crippen LogP contribution in [-0.4, -0.2) is 17.1 Å². The first-order valence-electron chi connectivity index (χ1n) is 3.93. The van der Waals surface area contributed by atoms with E-state index in [-0.39, 0.29) is 11.3 Å². The maximum absolute atomic E-state index is 13.2. The first-order chi connectivity index (χ1) is 6.70. The summed E-state index contributed by atoms with van der Waals surface area (Å²) in [5, 5.41) is 0. The molecule has 0 atom stereocenters. The lowest BCUT2D eigenvalue weighted by atomic mass is 10.3. The molecule has 2 rings (SSSR count). The minimum absolute atomic E-state index is 0.108. The van der Waals surface area contributed by atoms with Gasteiger partial charge in [-0.1, -0.05) is 0 Å². The first-order valence-corrected chi connectivity index (χ1v) is 3.93.